The molecule has 2 aromatic rings. The maximum atomic E-state index is 12.1. The van der Waals surface area contributed by atoms with Gasteiger partial charge in [0.05, 0.1) is 16.3 Å². The number of nitrogens with one attached hydrogen (secondary N) is 1. The Balaban J connectivity index is 1.88. The molecule has 0 aliphatic heterocycles. The van der Waals surface area contributed by atoms with E-state index in [2.05, 4.69) is 10.3 Å². The van der Waals surface area contributed by atoms with Crippen molar-refractivity contribution in [3.63, 3.8) is 0 Å². The summed E-state index contributed by atoms with van der Waals surface area (Å²) in [5.41, 5.74) is 1.23. The van der Waals surface area contributed by atoms with Crippen LogP contribution < -0.4 is 10.1 Å². The fraction of sp³-hybridized carbons (Fsp3) is 0.389. The van der Waals surface area contributed by atoms with Gasteiger partial charge in [0.25, 0.3) is 5.91 Å². The maximum Gasteiger partial charge on any atom is 0.338 e. The van der Waals surface area contributed by atoms with Crippen molar-refractivity contribution in [3.05, 3.63) is 45.9 Å². The molecule has 0 spiro atoms. The van der Waals surface area contributed by atoms with Gasteiger partial charge in [0.2, 0.25) is 0 Å². The second-order valence-corrected chi connectivity index (χ2v) is 6.94. The summed E-state index contributed by atoms with van der Waals surface area (Å²) >= 11 is 1.57. The number of amides is 1. The Hall–Kier alpha value is -2.41. The highest BCUT2D eigenvalue weighted by molar-refractivity contribution is 7.09. The summed E-state index contributed by atoms with van der Waals surface area (Å²) in [7, 11) is 0. The summed E-state index contributed by atoms with van der Waals surface area (Å²) in [5.74, 6) is -0.234. The van der Waals surface area contributed by atoms with Crippen molar-refractivity contribution in [3.8, 4) is 5.75 Å². The van der Waals surface area contributed by atoms with Gasteiger partial charge in [-0.1, -0.05) is 0 Å². The second kappa shape index (κ2) is 8.62. The molecule has 1 amide bonds. The van der Waals surface area contributed by atoms with Crippen LogP contribution in [0.2, 0.25) is 0 Å². The Kier molecular flexibility index (Phi) is 6.52. The van der Waals surface area contributed by atoms with Gasteiger partial charge in [-0.25, -0.2) is 9.78 Å². The highest BCUT2D eigenvalue weighted by Gasteiger charge is 2.19. The van der Waals surface area contributed by atoms with Gasteiger partial charge < -0.3 is 14.8 Å². The molecule has 0 radical (unpaired) electrons. The lowest BCUT2D eigenvalue weighted by atomic mass is 10.2. The van der Waals surface area contributed by atoms with E-state index in [9.17, 15) is 9.59 Å². The third kappa shape index (κ3) is 5.86. The minimum Gasteiger partial charge on any atom is -0.487 e. The van der Waals surface area contributed by atoms with Gasteiger partial charge in [-0.15, -0.1) is 11.3 Å². The number of hydrogen-bond donors (Lipinski definition) is 1. The normalized spacial score (nSPS) is 11.9. The molecule has 1 N–H and O–H groups in total. The number of aromatic nitrogens is 1. The van der Waals surface area contributed by atoms with Gasteiger partial charge in [0.15, 0.2) is 6.10 Å². The number of benzene rings is 1. The average Bonchev–Trinajstić information content (AvgIpc) is 2.98. The Morgan fingerprint density at radius 2 is 1.88 bits per heavy atom. The van der Waals surface area contributed by atoms with Crippen molar-refractivity contribution in [2.45, 2.75) is 46.4 Å². The standard InChI is InChI=1S/C18H22N2O4S/c1-11(2)19-17(21)12(3)24-18(22)14-5-7-16(8-6-14)23-9-15-10-25-13(4)20-15/h5-8,10-12H,9H2,1-4H3,(H,19,21). The van der Waals surface area contributed by atoms with Crippen LogP contribution in [0.3, 0.4) is 0 Å². The van der Waals surface area contributed by atoms with E-state index in [1.54, 1.807) is 42.5 Å². The first kappa shape index (κ1) is 18.9. The molecule has 0 bridgehead atoms. The van der Waals surface area contributed by atoms with Crippen molar-refractivity contribution in [1.82, 2.24) is 10.3 Å². The fourth-order valence-electron chi connectivity index (χ4n) is 2.00. The molecule has 1 heterocycles. The van der Waals surface area contributed by atoms with E-state index in [1.807, 2.05) is 26.2 Å². The van der Waals surface area contributed by atoms with Crippen LogP contribution in [0.25, 0.3) is 0 Å². The molecule has 7 heteroatoms. The van der Waals surface area contributed by atoms with E-state index in [0.717, 1.165) is 10.7 Å². The van der Waals surface area contributed by atoms with E-state index >= 15 is 0 Å². The van der Waals surface area contributed by atoms with Gasteiger partial charge >= 0.3 is 5.97 Å². The summed E-state index contributed by atoms with van der Waals surface area (Å²) < 4.78 is 10.8. The predicted molar refractivity (Wildman–Crippen MR) is 95.8 cm³/mol. The molecule has 6 nitrogen and oxygen atoms in total. The summed E-state index contributed by atoms with van der Waals surface area (Å²) in [4.78, 5) is 28.2. The molecule has 0 fully saturated rings. The first-order valence-electron chi connectivity index (χ1n) is 8.00. The van der Waals surface area contributed by atoms with E-state index in [0.29, 0.717) is 17.9 Å². The Labute approximate surface area is 151 Å². The zero-order valence-corrected chi connectivity index (χ0v) is 15.6. The molecule has 1 atom stereocenters. The number of nitrogens with zero attached hydrogens (tertiary/aromatic N) is 1. The second-order valence-electron chi connectivity index (χ2n) is 5.88. The first-order chi connectivity index (χ1) is 11.8. The van der Waals surface area contributed by atoms with E-state index in [-0.39, 0.29) is 11.9 Å². The number of carbonyl (C=O) groups excluding carboxylic acids is 2. The molecule has 25 heavy (non-hydrogen) atoms. The highest BCUT2D eigenvalue weighted by atomic mass is 32.1. The lowest BCUT2D eigenvalue weighted by Gasteiger charge is -2.15. The molecule has 1 unspecified atom stereocenters. The van der Waals surface area contributed by atoms with Crippen molar-refractivity contribution in [1.29, 1.82) is 0 Å². The Bertz CT molecular complexity index is 725. The number of ether oxygens (including phenoxy) is 2. The minimum atomic E-state index is -0.848. The number of hydrogen-bond acceptors (Lipinski definition) is 6. The number of esters is 1. The largest absolute Gasteiger partial charge is 0.487 e. The Morgan fingerprint density at radius 3 is 2.44 bits per heavy atom. The first-order valence-corrected chi connectivity index (χ1v) is 8.88. The zero-order valence-electron chi connectivity index (χ0n) is 14.7. The summed E-state index contributed by atoms with van der Waals surface area (Å²) in [5, 5.41) is 5.64. The fourth-order valence-corrected chi connectivity index (χ4v) is 2.60. The molecule has 0 saturated heterocycles. The van der Waals surface area contributed by atoms with Crippen LogP contribution in [-0.4, -0.2) is 29.0 Å². The van der Waals surface area contributed by atoms with Crippen molar-refractivity contribution in [2.24, 2.45) is 0 Å². The topological polar surface area (TPSA) is 77.5 Å². The van der Waals surface area contributed by atoms with Gasteiger partial charge in [0, 0.05) is 11.4 Å². The number of rotatable bonds is 7. The maximum absolute atomic E-state index is 12.1. The smallest absolute Gasteiger partial charge is 0.338 e. The monoisotopic (exact) mass is 362 g/mol. The van der Waals surface area contributed by atoms with Crippen molar-refractivity contribution >= 4 is 23.2 Å². The third-order valence-corrected chi connectivity index (χ3v) is 4.05. The molecule has 2 rings (SSSR count). The van der Waals surface area contributed by atoms with Gasteiger partial charge in [-0.2, -0.15) is 0 Å². The molecule has 0 aliphatic rings. The van der Waals surface area contributed by atoms with Crippen LogP contribution >= 0.6 is 11.3 Å². The molecular formula is C18H22N2O4S. The summed E-state index contributed by atoms with van der Waals surface area (Å²) in [6.45, 7) is 7.55. The average molecular weight is 362 g/mol. The van der Waals surface area contributed by atoms with Crippen molar-refractivity contribution in [2.75, 3.05) is 0 Å². The summed E-state index contributed by atoms with van der Waals surface area (Å²) in [6, 6.07) is 6.59. The molecule has 0 aliphatic carbocycles. The van der Waals surface area contributed by atoms with Gasteiger partial charge in [-0.3, -0.25) is 4.79 Å². The predicted octanol–water partition coefficient (Wildman–Crippen LogP) is 3.10. The van der Waals surface area contributed by atoms with E-state index in [4.69, 9.17) is 9.47 Å². The number of aryl methyl sites for hydroxylation is 1. The van der Waals surface area contributed by atoms with Gasteiger partial charge in [0.1, 0.15) is 12.4 Å². The van der Waals surface area contributed by atoms with Crippen LogP contribution in [0.15, 0.2) is 29.6 Å². The quantitative estimate of drug-likeness (QED) is 0.766. The number of thiazole rings is 1. The molecule has 1 aromatic carbocycles. The molecule has 0 saturated carbocycles. The van der Waals surface area contributed by atoms with Crippen LogP contribution in [0.1, 0.15) is 41.8 Å². The van der Waals surface area contributed by atoms with E-state index < -0.39 is 12.1 Å². The van der Waals surface area contributed by atoms with Crippen LogP contribution in [0, 0.1) is 6.92 Å². The van der Waals surface area contributed by atoms with Crippen LogP contribution in [-0.2, 0) is 16.1 Å². The van der Waals surface area contributed by atoms with Crippen LogP contribution in [0.4, 0.5) is 0 Å². The number of carbonyl (C=O) groups is 2. The lowest BCUT2D eigenvalue weighted by molar-refractivity contribution is -0.129. The molecule has 134 valence electrons. The SMILES string of the molecule is Cc1nc(COc2ccc(C(=O)OC(C)C(=O)NC(C)C)cc2)cs1. The molecular weight excluding hydrogens is 340 g/mol. The van der Waals surface area contributed by atoms with Gasteiger partial charge in [-0.05, 0) is 52.0 Å². The molecule has 1 aromatic heterocycles. The van der Waals surface area contributed by atoms with Crippen LogP contribution in [0.5, 0.6) is 5.75 Å². The minimum absolute atomic E-state index is 0.00779. The van der Waals surface area contributed by atoms with E-state index in [1.165, 1.54) is 0 Å². The lowest BCUT2D eigenvalue weighted by Crippen LogP contribution is -2.39. The third-order valence-electron chi connectivity index (χ3n) is 3.23. The summed E-state index contributed by atoms with van der Waals surface area (Å²) in [6.07, 6.45) is -0.848. The zero-order chi connectivity index (χ0) is 18.4. The Morgan fingerprint density at radius 1 is 1.20 bits per heavy atom. The van der Waals surface area contributed by atoms with Crippen molar-refractivity contribution < 1.29 is 19.1 Å². The highest BCUT2D eigenvalue weighted by Crippen LogP contribution is 2.16.